The standard InChI is InChI=1S/C21H16N2O2/c1-15(24)17-10-8-16(9-11-17)5-4-14-22-21(25)20-13-12-18-6-2-3-7-19(18)23-20/h2-3,6-13H,14H2,1H3,(H,22,25). The van der Waals surface area contributed by atoms with E-state index in [2.05, 4.69) is 22.1 Å². The Balaban J connectivity index is 1.61. The Morgan fingerprint density at radius 3 is 2.52 bits per heavy atom. The molecule has 4 nitrogen and oxygen atoms in total. The number of ketones is 1. The fourth-order valence-corrected chi connectivity index (χ4v) is 2.34. The average Bonchev–Trinajstić information content (AvgIpc) is 2.65. The highest BCUT2D eigenvalue weighted by molar-refractivity contribution is 5.95. The van der Waals surface area contributed by atoms with Crippen LogP contribution in [0.5, 0.6) is 0 Å². The summed E-state index contributed by atoms with van der Waals surface area (Å²) in [5.74, 6) is 5.61. The van der Waals surface area contributed by atoms with Crippen LogP contribution in [0.25, 0.3) is 10.9 Å². The van der Waals surface area contributed by atoms with Gasteiger partial charge in [-0.15, -0.1) is 0 Å². The van der Waals surface area contributed by atoms with Gasteiger partial charge in [0.1, 0.15) is 5.69 Å². The van der Waals surface area contributed by atoms with E-state index >= 15 is 0 Å². The summed E-state index contributed by atoms with van der Waals surface area (Å²) in [7, 11) is 0. The number of pyridine rings is 1. The van der Waals surface area contributed by atoms with Crippen molar-refractivity contribution in [2.24, 2.45) is 0 Å². The first-order valence-corrected chi connectivity index (χ1v) is 7.87. The maximum atomic E-state index is 12.1. The first-order valence-electron chi connectivity index (χ1n) is 7.87. The minimum absolute atomic E-state index is 0.0228. The van der Waals surface area contributed by atoms with E-state index in [0.29, 0.717) is 11.3 Å². The molecule has 25 heavy (non-hydrogen) atoms. The van der Waals surface area contributed by atoms with Crippen LogP contribution in [0.1, 0.15) is 33.3 Å². The molecule has 0 saturated heterocycles. The van der Waals surface area contributed by atoms with Crippen LogP contribution < -0.4 is 5.32 Å². The summed E-state index contributed by atoms with van der Waals surface area (Å²) in [5, 5.41) is 3.73. The van der Waals surface area contributed by atoms with Crippen molar-refractivity contribution in [3.05, 3.63) is 77.5 Å². The third-order valence-corrected chi connectivity index (χ3v) is 3.69. The van der Waals surface area contributed by atoms with Gasteiger partial charge in [0, 0.05) is 16.5 Å². The molecule has 3 aromatic rings. The number of rotatable bonds is 3. The quantitative estimate of drug-likeness (QED) is 0.593. The van der Waals surface area contributed by atoms with Gasteiger partial charge in [-0.3, -0.25) is 9.59 Å². The van der Waals surface area contributed by atoms with Crippen molar-refractivity contribution in [2.45, 2.75) is 6.92 Å². The van der Waals surface area contributed by atoms with Gasteiger partial charge in [0.05, 0.1) is 12.1 Å². The zero-order valence-corrected chi connectivity index (χ0v) is 13.7. The fourth-order valence-electron chi connectivity index (χ4n) is 2.34. The van der Waals surface area contributed by atoms with Crippen molar-refractivity contribution in [1.29, 1.82) is 0 Å². The zero-order chi connectivity index (χ0) is 17.6. The number of carbonyl (C=O) groups excluding carboxylic acids is 2. The molecule has 0 saturated carbocycles. The Morgan fingerprint density at radius 1 is 1.00 bits per heavy atom. The number of benzene rings is 2. The Bertz CT molecular complexity index is 996. The molecule has 1 N–H and O–H groups in total. The van der Waals surface area contributed by atoms with Crippen LogP contribution in [0.2, 0.25) is 0 Å². The highest BCUT2D eigenvalue weighted by Crippen LogP contribution is 2.11. The SMILES string of the molecule is CC(=O)c1ccc(C#CCNC(=O)c2ccc3ccccc3n2)cc1. The molecule has 3 rings (SSSR count). The normalized spacial score (nSPS) is 9.96. The Morgan fingerprint density at radius 2 is 1.76 bits per heavy atom. The monoisotopic (exact) mass is 328 g/mol. The van der Waals surface area contributed by atoms with Crippen LogP contribution in [0.3, 0.4) is 0 Å². The lowest BCUT2D eigenvalue weighted by molar-refractivity contribution is 0.0953. The predicted octanol–water partition coefficient (Wildman–Crippen LogP) is 3.22. The Hall–Kier alpha value is -3.45. The molecule has 0 aliphatic rings. The van der Waals surface area contributed by atoms with E-state index in [9.17, 15) is 9.59 Å². The molecule has 4 heteroatoms. The van der Waals surface area contributed by atoms with Gasteiger partial charge >= 0.3 is 0 Å². The van der Waals surface area contributed by atoms with Crippen LogP contribution in [0.4, 0.5) is 0 Å². The smallest absolute Gasteiger partial charge is 0.270 e. The molecule has 0 bridgehead atoms. The molecule has 122 valence electrons. The number of fused-ring (bicyclic) bond motifs is 1. The molecular weight excluding hydrogens is 312 g/mol. The van der Waals surface area contributed by atoms with Gasteiger partial charge in [-0.25, -0.2) is 4.98 Å². The number of hydrogen-bond donors (Lipinski definition) is 1. The van der Waals surface area contributed by atoms with Crippen molar-refractivity contribution in [1.82, 2.24) is 10.3 Å². The molecule has 1 aromatic heterocycles. The van der Waals surface area contributed by atoms with Gasteiger partial charge in [-0.2, -0.15) is 0 Å². The van der Waals surface area contributed by atoms with Crippen molar-refractivity contribution >= 4 is 22.6 Å². The molecule has 0 radical (unpaired) electrons. The minimum atomic E-state index is -0.257. The van der Waals surface area contributed by atoms with Crippen molar-refractivity contribution in [3.8, 4) is 11.8 Å². The van der Waals surface area contributed by atoms with Crippen LogP contribution in [-0.2, 0) is 0 Å². The summed E-state index contributed by atoms with van der Waals surface area (Å²) >= 11 is 0. The largest absolute Gasteiger partial charge is 0.340 e. The van der Waals surface area contributed by atoms with Crippen molar-refractivity contribution in [2.75, 3.05) is 6.54 Å². The number of carbonyl (C=O) groups is 2. The number of hydrogen-bond acceptors (Lipinski definition) is 3. The van der Waals surface area contributed by atoms with Gasteiger partial charge < -0.3 is 5.32 Å². The van der Waals surface area contributed by atoms with Gasteiger partial charge in [-0.05, 0) is 31.2 Å². The number of nitrogens with zero attached hydrogens (tertiary/aromatic N) is 1. The zero-order valence-electron chi connectivity index (χ0n) is 13.7. The molecule has 0 atom stereocenters. The molecule has 0 aliphatic carbocycles. The van der Waals surface area contributed by atoms with Crippen LogP contribution in [0, 0.1) is 11.8 Å². The van der Waals surface area contributed by atoms with Gasteiger partial charge in [0.15, 0.2) is 5.78 Å². The summed E-state index contributed by atoms with van der Waals surface area (Å²) in [6.45, 7) is 1.75. The van der Waals surface area contributed by atoms with E-state index < -0.39 is 0 Å². The second-order valence-electron chi connectivity index (χ2n) is 5.51. The van der Waals surface area contributed by atoms with Gasteiger partial charge in [-0.1, -0.05) is 48.2 Å². The summed E-state index contributed by atoms with van der Waals surface area (Å²) in [6.07, 6.45) is 0. The summed E-state index contributed by atoms with van der Waals surface area (Å²) in [5.41, 5.74) is 2.60. The molecule has 0 aliphatic heterocycles. The third kappa shape index (κ3) is 4.10. The second kappa shape index (κ2) is 7.41. The van der Waals surface area contributed by atoms with E-state index in [1.165, 1.54) is 6.92 Å². The highest BCUT2D eigenvalue weighted by Gasteiger charge is 2.06. The molecular formula is C21H16N2O2. The first-order chi connectivity index (χ1) is 12.1. The third-order valence-electron chi connectivity index (χ3n) is 3.69. The predicted molar refractivity (Wildman–Crippen MR) is 97.4 cm³/mol. The van der Waals surface area contributed by atoms with E-state index in [1.807, 2.05) is 30.3 Å². The number of aromatic nitrogens is 1. The highest BCUT2D eigenvalue weighted by atomic mass is 16.1. The van der Waals surface area contributed by atoms with Crippen LogP contribution in [-0.4, -0.2) is 23.2 Å². The fraction of sp³-hybridized carbons (Fsp3) is 0.0952. The number of amides is 1. The number of para-hydroxylation sites is 1. The van der Waals surface area contributed by atoms with Crippen molar-refractivity contribution in [3.63, 3.8) is 0 Å². The maximum Gasteiger partial charge on any atom is 0.270 e. The van der Waals surface area contributed by atoms with E-state index in [0.717, 1.165) is 16.5 Å². The number of nitrogens with one attached hydrogen (secondary N) is 1. The van der Waals surface area contributed by atoms with E-state index in [4.69, 9.17) is 0 Å². The lowest BCUT2D eigenvalue weighted by Crippen LogP contribution is -2.24. The molecule has 0 spiro atoms. The topological polar surface area (TPSA) is 59.1 Å². The van der Waals surface area contributed by atoms with Crippen molar-refractivity contribution < 1.29 is 9.59 Å². The Labute approximate surface area is 145 Å². The molecule has 0 fully saturated rings. The van der Waals surface area contributed by atoms with Crippen LogP contribution in [0.15, 0.2) is 60.7 Å². The molecule has 1 amide bonds. The molecule has 2 aromatic carbocycles. The molecule has 1 heterocycles. The lowest BCUT2D eigenvalue weighted by Gasteiger charge is -2.02. The molecule has 0 unspecified atom stereocenters. The van der Waals surface area contributed by atoms with Crippen LogP contribution >= 0.6 is 0 Å². The average molecular weight is 328 g/mol. The summed E-state index contributed by atoms with van der Waals surface area (Å²) in [4.78, 5) is 27.7. The van der Waals surface area contributed by atoms with E-state index in [1.54, 1.807) is 30.3 Å². The first kappa shape index (κ1) is 16.4. The summed E-state index contributed by atoms with van der Waals surface area (Å²) in [6, 6.07) is 18.3. The number of Topliss-reactive ketones (excluding diaryl/α,β-unsaturated/α-hetero) is 1. The Kier molecular flexibility index (Phi) is 4.87. The maximum absolute atomic E-state index is 12.1. The summed E-state index contributed by atoms with van der Waals surface area (Å²) < 4.78 is 0. The van der Waals surface area contributed by atoms with E-state index in [-0.39, 0.29) is 18.2 Å². The lowest BCUT2D eigenvalue weighted by atomic mass is 10.1. The van der Waals surface area contributed by atoms with Gasteiger partial charge in [0.2, 0.25) is 0 Å². The minimum Gasteiger partial charge on any atom is -0.340 e. The second-order valence-corrected chi connectivity index (χ2v) is 5.51. The van der Waals surface area contributed by atoms with Gasteiger partial charge in [0.25, 0.3) is 5.91 Å².